The Kier molecular flexibility index (Phi) is 8.00. The fourth-order valence-electron chi connectivity index (χ4n) is 2.52. The van der Waals surface area contributed by atoms with Crippen molar-refractivity contribution in [1.29, 1.82) is 0 Å². The average Bonchev–Trinajstić information content (AvgIpc) is 2.78. The van der Waals surface area contributed by atoms with E-state index in [1.165, 1.54) is 25.5 Å². The summed E-state index contributed by atoms with van der Waals surface area (Å²) in [5.74, 6) is 0.956. The standard InChI is InChI=1S/C23H20BrFN2O4/c1-29-22-12-17(4-11-21(22)31-14-16-2-7-19(25)8-3-16)13-26-27-23(28)15-30-20-9-5-18(24)6-10-20/h2-13H,14-15H2,1H3,(H,27,28)/b26-13-. The van der Waals surface area contributed by atoms with Gasteiger partial charge in [-0.1, -0.05) is 28.1 Å². The van der Waals surface area contributed by atoms with Crippen molar-refractivity contribution in [2.75, 3.05) is 13.7 Å². The number of hydrogen-bond donors (Lipinski definition) is 1. The van der Waals surface area contributed by atoms with Gasteiger partial charge in [0.2, 0.25) is 0 Å². The second-order valence-electron chi connectivity index (χ2n) is 6.36. The number of methoxy groups -OCH3 is 1. The number of nitrogens with zero attached hydrogens (tertiary/aromatic N) is 1. The zero-order valence-corrected chi connectivity index (χ0v) is 18.3. The van der Waals surface area contributed by atoms with E-state index < -0.39 is 0 Å². The Labute approximate surface area is 187 Å². The van der Waals surface area contributed by atoms with E-state index in [1.807, 2.05) is 12.1 Å². The number of carbonyl (C=O) groups excluding carboxylic acids is 1. The van der Waals surface area contributed by atoms with Crippen LogP contribution < -0.4 is 19.6 Å². The van der Waals surface area contributed by atoms with E-state index in [0.29, 0.717) is 22.8 Å². The molecule has 6 nitrogen and oxygen atoms in total. The zero-order valence-electron chi connectivity index (χ0n) is 16.7. The third-order valence-corrected chi connectivity index (χ3v) is 4.61. The Balaban J connectivity index is 1.51. The van der Waals surface area contributed by atoms with Gasteiger partial charge in [0.25, 0.3) is 5.91 Å². The number of rotatable bonds is 9. The zero-order chi connectivity index (χ0) is 22.1. The molecule has 1 amide bonds. The van der Waals surface area contributed by atoms with Crippen LogP contribution in [0, 0.1) is 5.82 Å². The highest BCUT2D eigenvalue weighted by atomic mass is 79.9. The normalized spacial score (nSPS) is 10.7. The fourth-order valence-corrected chi connectivity index (χ4v) is 2.78. The second kappa shape index (κ2) is 11.1. The van der Waals surface area contributed by atoms with Crippen LogP contribution in [0.15, 0.2) is 76.3 Å². The van der Waals surface area contributed by atoms with E-state index >= 15 is 0 Å². The highest BCUT2D eigenvalue weighted by Crippen LogP contribution is 2.28. The third kappa shape index (κ3) is 7.11. The molecule has 0 heterocycles. The summed E-state index contributed by atoms with van der Waals surface area (Å²) in [5, 5.41) is 3.93. The molecule has 3 aromatic carbocycles. The molecule has 3 rings (SSSR count). The predicted molar refractivity (Wildman–Crippen MR) is 119 cm³/mol. The molecule has 8 heteroatoms. The van der Waals surface area contributed by atoms with Crippen LogP contribution in [0.1, 0.15) is 11.1 Å². The van der Waals surface area contributed by atoms with Crippen LogP contribution in [0.5, 0.6) is 17.2 Å². The fraction of sp³-hybridized carbons (Fsp3) is 0.130. The van der Waals surface area contributed by atoms with Crippen LogP contribution in [0.4, 0.5) is 4.39 Å². The molecule has 3 aromatic rings. The molecule has 1 N–H and O–H groups in total. The lowest BCUT2D eigenvalue weighted by atomic mass is 10.2. The summed E-state index contributed by atoms with van der Waals surface area (Å²) in [6.07, 6.45) is 1.49. The number of hydrazone groups is 1. The summed E-state index contributed by atoms with van der Waals surface area (Å²) in [6.45, 7) is 0.122. The first-order valence-corrected chi connectivity index (χ1v) is 10.1. The minimum atomic E-state index is -0.384. The van der Waals surface area contributed by atoms with Gasteiger partial charge in [0, 0.05) is 4.47 Å². The minimum absolute atomic E-state index is 0.154. The Bertz CT molecular complexity index is 1040. The van der Waals surface area contributed by atoms with Crippen LogP contribution in [0.2, 0.25) is 0 Å². The van der Waals surface area contributed by atoms with Gasteiger partial charge in [-0.3, -0.25) is 4.79 Å². The molecule has 0 unspecified atom stereocenters. The lowest BCUT2D eigenvalue weighted by Crippen LogP contribution is -2.24. The summed E-state index contributed by atoms with van der Waals surface area (Å²) < 4.78 is 30.4. The first kappa shape index (κ1) is 22.3. The molecule has 0 fully saturated rings. The van der Waals surface area contributed by atoms with E-state index in [9.17, 15) is 9.18 Å². The van der Waals surface area contributed by atoms with Gasteiger partial charge in [0.05, 0.1) is 13.3 Å². The highest BCUT2D eigenvalue weighted by Gasteiger charge is 2.06. The Morgan fingerprint density at radius 3 is 2.48 bits per heavy atom. The van der Waals surface area contributed by atoms with E-state index in [0.717, 1.165) is 10.0 Å². The lowest BCUT2D eigenvalue weighted by molar-refractivity contribution is -0.123. The number of halogens is 2. The van der Waals surface area contributed by atoms with E-state index in [-0.39, 0.29) is 24.9 Å². The van der Waals surface area contributed by atoms with Crippen molar-refractivity contribution in [1.82, 2.24) is 5.43 Å². The summed E-state index contributed by atoms with van der Waals surface area (Å²) in [7, 11) is 1.53. The first-order chi connectivity index (χ1) is 15.0. The number of nitrogens with one attached hydrogen (secondary N) is 1. The molecule has 31 heavy (non-hydrogen) atoms. The molecule has 160 valence electrons. The third-order valence-electron chi connectivity index (χ3n) is 4.08. The van der Waals surface area contributed by atoms with Gasteiger partial charge in [-0.15, -0.1) is 0 Å². The minimum Gasteiger partial charge on any atom is -0.493 e. The molecule has 0 radical (unpaired) electrons. The maximum absolute atomic E-state index is 13.0. The van der Waals surface area contributed by atoms with Crippen LogP contribution >= 0.6 is 15.9 Å². The maximum Gasteiger partial charge on any atom is 0.277 e. The van der Waals surface area contributed by atoms with Gasteiger partial charge < -0.3 is 14.2 Å². The number of amides is 1. The van der Waals surface area contributed by atoms with E-state index in [1.54, 1.807) is 42.5 Å². The summed E-state index contributed by atoms with van der Waals surface area (Å²) in [4.78, 5) is 11.9. The van der Waals surface area contributed by atoms with E-state index in [2.05, 4.69) is 26.5 Å². The molecule has 0 aliphatic carbocycles. The summed E-state index contributed by atoms with van der Waals surface area (Å²) in [5.41, 5.74) is 3.95. The average molecular weight is 487 g/mol. The second-order valence-corrected chi connectivity index (χ2v) is 7.28. The SMILES string of the molecule is COc1cc(/C=N\NC(=O)COc2ccc(Br)cc2)ccc1OCc1ccc(F)cc1. The number of carbonyl (C=O) groups is 1. The molecule has 0 saturated heterocycles. The van der Waals surface area contributed by atoms with Gasteiger partial charge in [-0.25, -0.2) is 9.82 Å². The van der Waals surface area contributed by atoms with Crippen molar-refractivity contribution in [3.05, 3.63) is 88.1 Å². The molecular formula is C23H20BrFN2O4. The summed E-state index contributed by atoms with van der Waals surface area (Å²) >= 11 is 3.33. The van der Waals surface area contributed by atoms with Gasteiger partial charge in [0.1, 0.15) is 18.2 Å². The monoisotopic (exact) mass is 486 g/mol. The largest absolute Gasteiger partial charge is 0.493 e. The van der Waals surface area contributed by atoms with Gasteiger partial charge in [0.15, 0.2) is 18.1 Å². The number of hydrogen-bond acceptors (Lipinski definition) is 5. The quantitative estimate of drug-likeness (QED) is 0.351. The van der Waals surface area contributed by atoms with Crippen LogP contribution in [0.3, 0.4) is 0 Å². The molecular weight excluding hydrogens is 467 g/mol. The highest BCUT2D eigenvalue weighted by molar-refractivity contribution is 9.10. The lowest BCUT2D eigenvalue weighted by Gasteiger charge is -2.11. The molecule has 0 aliphatic rings. The van der Waals surface area contributed by atoms with Crippen LogP contribution in [-0.4, -0.2) is 25.8 Å². The number of benzene rings is 3. The van der Waals surface area contributed by atoms with Crippen molar-refractivity contribution in [3.8, 4) is 17.2 Å². The first-order valence-electron chi connectivity index (χ1n) is 9.29. The molecule has 0 aliphatic heterocycles. The maximum atomic E-state index is 13.0. The molecule has 0 spiro atoms. The van der Waals surface area contributed by atoms with E-state index in [4.69, 9.17) is 14.2 Å². The summed E-state index contributed by atoms with van der Waals surface area (Å²) in [6, 6.07) is 18.5. The van der Waals surface area contributed by atoms with Crippen molar-refractivity contribution in [2.45, 2.75) is 6.61 Å². The topological polar surface area (TPSA) is 69.2 Å². The molecule has 0 saturated carbocycles. The van der Waals surface area contributed by atoms with Gasteiger partial charge >= 0.3 is 0 Å². The van der Waals surface area contributed by atoms with Crippen LogP contribution in [0.25, 0.3) is 0 Å². The molecule has 0 aromatic heterocycles. The predicted octanol–water partition coefficient (Wildman–Crippen LogP) is 4.70. The van der Waals surface area contributed by atoms with Crippen molar-refractivity contribution < 1.29 is 23.4 Å². The van der Waals surface area contributed by atoms with Crippen molar-refractivity contribution in [3.63, 3.8) is 0 Å². The van der Waals surface area contributed by atoms with Crippen LogP contribution in [-0.2, 0) is 11.4 Å². The van der Waals surface area contributed by atoms with Crippen molar-refractivity contribution >= 4 is 28.1 Å². The van der Waals surface area contributed by atoms with Gasteiger partial charge in [-0.05, 0) is 65.7 Å². The Morgan fingerprint density at radius 1 is 1.03 bits per heavy atom. The molecule has 0 atom stereocenters. The van der Waals surface area contributed by atoms with Gasteiger partial charge in [-0.2, -0.15) is 5.10 Å². The Morgan fingerprint density at radius 2 is 1.77 bits per heavy atom. The number of ether oxygens (including phenoxy) is 3. The Hall–Kier alpha value is -3.39. The molecule has 0 bridgehead atoms. The smallest absolute Gasteiger partial charge is 0.277 e. The van der Waals surface area contributed by atoms with Crippen molar-refractivity contribution in [2.24, 2.45) is 5.10 Å².